The first kappa shape index (κ1) is 27.5. The van der Waals surface area contributed by atoms with Gasteiger partial charge in [-0.25, -0.2) is 0 Å². The third kappa shape index (κ3) is 7.44. The fourth-order valence-electron chi connectivity index (χ4n) is 3.38. The molecular weight excluding hydrogens is 507 g/mol. The lowest BCUT2D eigenvalue weighted by atomic mass is 10.1. The Hall–Kier alpha value is -3.11. The number of aromatic hydroxyl groups is 1. The Bertz CT molecular complexity index is 1280. The average molecular weight is 537 g/mol. The molecule has 0 aliphatic heterocycles. The van der Waals surface area contributed by atoms with Gasteiger partial charge in [-0.2, -0.15) is 0 Å². The Morgan fingerprint density at radius 1 is 1.11 bits per heavy atom. The van der Waals surface area contributed by atoms with Gasteiger partial charge in [-0.05, 0) is 49.2 Å². The van der Waals surface area contributed by atoms with Gasteiger partial charge >= 0.3 is 12.5 Å². The van der Waals surface area contributed by atoms with Crippen molar-refractivity contribution in [1.82, 2.24) is 10.3 Å². The van der Waals surface area contributed by atoms with Crippen LogP contribution >= 0.6 is 18.9 Å². The molecule has 2 aromatic carbocycles. The van der Waals surface area contributed by atoms with Crippen molar-refractivity contribution in [3.63, 3.8) is 0 Å². The number of ether oxygens (including phenoxy) is 2. The van der Waals surface area contributed by atoms with E-state index in [4.69, 9.17) is 18.5 Å². The van der Waals surface area contributed by atoms with Crippen molar-refractivity contribution in [3.05, 3.63) is 73.7 Å². The number of aromatic nitrogens is 1. The Labute approximate surface area is 212 Å². The summed E-state index contributed by atoms with van der Waals surface area (Å²) in [6.07, 6.45) is 0.0616. The van der Waals surface area contributed by atoms with E-state index >= 15 is 0 Å². The van der Waals surface area contributed by atoms with E-state index in [0.29, 0.717) is 21.9 Å². The van der Waals surface area contributed by atoms with Gasteiger partial charge in [0.25, 0.3) is 5.91 Å². The van der Waals surface area contributed by atoms with Crippen LogP contribution in [0.25, 0.3) is 0 Å². The lowest BCUT2D eigenvalue weighted by molar-refractivity contribution is 0.0947. The zero-order valence-electron chi connectivity index (χ0n) is 20.2. The van der Waals surface area contributed by atoms with Crippen LogP contribution in [0.3, 0.4) is 0 Å². The molecule has 0 aliphatic rings. The van der Waals surface area contributed by atoms with E-state index in [0.717, 1.165) is 22.5 Å². The van der Waals surface area contributed by atoms with Gasteiger partial charge in [-0.15, -0.1) is 0 Å². The van der Waals surface area contributed by atoms with Gasteiger partial charge < -0.3 is 28.9 Å². The van der Waals surface area contributed by atoms with Crippen molar-refractivity contribution >= 4 is 24.8 Å². The number of methoxy groups -OCH3 is 1. The van der Waals surface area contributed by atoms with Crippen molar-refractivity contribution in [2.24, 2.45) is 0 Å². The Morgan fingerprint density at radius 2 is 1.86 bits per heavy atom. The monoisotopic (exact) mass is 536 g/mol. The predicted octanol–water partition coefficient (Wildman–Crippen LogP) is 4.27. The number of carbonyl (C=O) groups excluding carboxylic acids is 1. The summed E-state index contributed by atoms with van der Waals surface area (Å²) in [6, 6.07) is 12.1. The number of thiazole rings is 1. The number of hydrogen-bond acceptors (Lipinski definition) is 9. The lowest BCUT2D eigenvalue weighted by Crippen LogP contribution is -2.23. The van der Waals surface area contributed by atoms with Gasteiger partial charge in [0.1, 0.15) is 11.5 Å². The summed E-state index contributed by atoms with van der Waals surface area (Å²) in [5, 5.41) is 12.7. The molecule has 10 nitrogen and oxygen atoms in total. The smallest absolute Gasteiger partial charge is 0.367 e. The number of nitrogens with one attached hydrogen (secondary N) is 2. The van der Waals surface area contributed by atoms with Crippen molar-refractivity contribution < 1.29 is 33.0 Å². The van der Waals surface area contributed by atoms with Crippen LogP contribution in [0, 0.1) is 0 Å². The molecule has 0 fully saturated rings. The summed E-state index contributed by atoms with van der Waals surface area (Å²) in [4.78, 5) is 26.9. The fraction of sp³-hybridized carbons (Fsp3) is 0.333. The number of amides is 1. The Kier molecular flexibility index (Phi) is 9.72. The molecule has 3 rings (SSSR count). The minimum absolute atomic E-state index is 0.173. The van der Waals surface area contributed by atoms with E-state index in [-0.39, 0.29) is 49.2 Å². The molecule has 0 spiro atoms. The topological polar surface area (TPSA) is 136 Å². The largest absolute Gasteiger partial charge is 0.496 e. The second-order valence-corrected chi connectivity index (χ2v) is 10.6. The molecule has 1 aromatic heterocycles. The van der Waals surface area contributed by atoms with Crippen LogP contribution in [0.4, 0.5) is 0 Å². The van der Waals surface area contributed by atoms with E-state index in [9.17, 15) is 19.3 Å². The molecule has 0 unspecified atom stereocenters. The summed E-state index contributed by atoms with van der Waals surface area (Å²) in [6.45, 7) is 4.14. The fourth-order valence-corrected chi connectivity index (χ4v) is 5.46. The van der Waals surface area contributed by atoms with Crippen molar-refractivity contribution in [1.29, 1.82) is 0 Å². The van der Waals surface area contributed by atoms with Gasteiger partial charge in [0.15, 0.2) is 6.35 Å². The second-order valence-electron chi connectivity index (χ2n) is 7.55. The number of hydrogen-bond donors (Lipinski definition) is 3. The zero-order chi connectivity index (χ0) is 26.1. The maximum absolute atomic E-state index is 13.0. The van der Waals surface area contributed by atoms with Crippen LogP contribution < -0.4 is 19.7 Å². The van der Waals surface area contributed by atoms with Crippen LogP contribution in [-0.4, -0.2) is 42.7 Å². The van der Waals surface area contributed by atoms with E-state index in [1.165, 1.54) is 7.11 Å². The van der Waals surface area contributed by atoms with Crippen LogP contribution in [0.2, 0.25) is 0 Å². The van der Waals surface area contributed by atoms with Gasteiger partial charge in [0.05, 0.1) is 30.8 Å². The summed E-state index contributed by atoms with van der Waals surface area (Å²) in [5.74, 6) is 0.324. The van der Waals surface area contributed by atoms with Crippen molar-refractivity contribution in [3.8, 4) is 17.4 Å². The highest BCUT2D eigenvalue weighted by atomic mass is 32.1. The quantitative estimate of drug-likeness (QED) is 0.276. The first-order valence-electron chi connectivity index (χ1n) is 11.2. The van der Waals surface area contributed by atoms with Crippen LogP contribution in [0.15, 0.2) is 47.3 Å². The summed E-state index contributed by atoms with van der Waals surface area (Å²) in [7, 11) is -1.88. The molecule has 3 N–H and O–H groups in total. The first-order chi connectivity index (χ1) is 17.3. The van der Waals surface area contributed by atoms with Gasteiger partial charge in [0, 0.05) is 13.0 Å². The Balaban J connectivity index is 1.67. The standard InChI is InChI=1S/C24H29N2O8PS/c1-4-33-35(30,34-5-2)15-32-18-8-6-7-17(11-18)14-25-22(27)19-12-16(9-10-20(19)31-3)13-21-23(28)26-24(29)36-21/h6-12,28H,4-5,13-15H2,1-3H3,(H,25,27)(H,26,29). The number of carbonyl (C=O) groups is 1. The maximum Gasteiger partial charge on any atom is 0.367 e. The number of benzene rings is 2. The molecule has 0 aliphatic carbocycles. The van der Waals surface area contributed by atoms with E-state index in [2.05, 4.69) is 10.3 Å². The molecule has 0 saturated carbocycles. The molecule has 1 heterocycles. The number of aromatic amines is 1. The highest BCUT2D eigenvalue weighted by Crippen LogP contribution is 2.47. The van der Waals surface area contributed by atoms with Crippen LogP contribution in [0.5, 0.6) is 17.4 Å². The predicted molar refractivity (Wildman–Crippen MR) is 136 cm³/mol. The lowest BCUT2D eigenvalue weighted by Gasteiger charge is -2.17. The van der Waals surface area contributed by atoms with E-state index < -0.39 is 7.60 Å². The normalized spacial score (nSPS) is 11.3. The molecule has 36 heavy (non-hydrogen) atoms. The average Bonchev–Trinajstić information content (AvgIpc) is 3.18. The summed E-state index contributed by atoms with van der Waals surface area (Å²) < 4.78 is 34.0. The van der Waals surface area contributed by atoms with Crippen molar-refractivity contribution in [2.75, 3.05) is 26.7 Å². The van der Waals surface area contributed by atoms with Gasteiger partial charge in [-0.3, -0.25) is 19.1 Å². The molecule has 0 atom stereocenters. The molecule has 3 aromatic rings. The number of rotatable bonds is 13. The minimum Gasteiger partial charge on any atom is -0.496 e. The van der Waals surface area contributed by atoms with E-state index in [1.54, 1.807) is 50.2 Å². The SMILES string of the molecule is CCOP(=O)(COc1cccc(CNC(=O)c2cc(Cc3sc(=O)[nH]c3O)ccc2OC)c1)OCC. The van der Waals surface area contributed by atoms with Crippen LogP contribution in [0.1, 0.15) is 40.2 Å². The first-order valence-corrected chi connectivity index (χ1v) is 13.8. The zero-order valence-corrected chi connectivity index (χ0v) is 21.9. The third-order valence-electron chi connectivity index (χ3n) is 4.97. The maximum atomic E-state index is 13.0. The molecule has 1 amide bonds. The summed E-state index contributed by atoms with van der Waals surface area (Å²) >= 11 is 0.915. The van der Waals surface area contributed by atoms with E-state index in [1.807, 2.05) is 6.07 Å². The third-order valence-corrected chi connectivity index (χ3v) is 7.59. The number of H-pyrrole nitrogens is 1. The molecular formula is C24H29N2O8PS. The molecule has 12 heteroatoms. The molecule has 0 radical (unpaired) electrons. The minimum atomic E-state index is -3.35. The highest BCUT2D eigenvalue weighted by molar-refractivity contribution is 7.53. The van der Waals surface area contributed by atoms with Gasteiger partial charge in [-0.1, -0.05) is 29.5 Å². The van der Waals surface area contributed by atoms with Crippen LogP contribution in [-0.2, 0) is 26.6 Å². The van der Waals surface area contributed by atoms with Crippen molar-refractivity contribution in [2.45, 2.75) is 26.8 Å². The summed E-state index contributed by atoms with van der Waals surface area (Å²) in [5.41, 5.74) is 1.81. The second kappa shape index (κ2) is 12.7. The highest BCUT2D eigenvalue weighted by Gasteiger charge is 2.24. The Morgan fingerprint density at radius 3 is 2.50 bits per heavy atom. The molecule has 194 valence electrons. The molecule has 0 saturated heterocycles. The molecule has 0 bridgehead atoms. The van der Waals surface area contributed by atoms with Gasteiger partial charge in [0.2, 0.25) is 5.88 Å².